The van der Waals surface area contributed by atoms with Gasteiger partial charge in [0.15, 0.2) is 5.78 Å². The lowest BCUT2D eigenvalue weighted by atomic mass is 9.87. The van der Waals surface area contributed by atoms with Gasteiger partial charge in [-0.3, -0.25) is 4.79 Å². The van der Waals surface area contributed by atoms with E-state index < -0.39 is 12.0 Å². The smallest absolute Gasteiger partial charge is 0.175 e. The van der Waals surface area contributed by atoms with E-state index in [0.29, 0.717) is 23.3 Å². The number of nitrogens with zero attached hydrogens (tertiary/aromatic N) is 1. The van der Waals surface area contributed by atoms with Gasteiger partial charge >= 0.3 is 0 Å². The predicted molar refractivity (Wildman–Crippen MR) is 80.6 cm³/mol. The van der Waals surface area contributed by atoms with Crippen molar-refractivity contribution in [2.24, 2.45) is 5.92 Å². The third-order valence-electron chi connectivity index (χ3n) is 3.87. The Bertz CT molecular complexity index is 748. The molecule has 2 aromatic rings. The van der Waals surface area contributed by atoms with Crippen LogP contribution in [0, 0.1) is 17.2 Å². The van der Waals surface area contributed by atoms with Crippen LogP contribution in [0.4, 0.5) is 0 Å². The van der Waals surface area contributed by atoms with Crippen molar-refractivity contribution in [3.63, 3.8) is 0 Å². The van der Waals surface area contributed by atoms with Gasteiger partial charge < -0.3 is 9.84 Å². The fraction of sp³-hybridized carbons (Fsp3) is 0.222. The number of carbonyl (C=O) groups excluding carboxylic acids is 1. The highest BCUT2D eigenvalue weighted by molar-refractivity contribution is 6.01. The summed E-state index contributed by atoms with van der Waals surface area (Å²) in [6.45, 7) is 0.176. The Hall–Kier alpha value is -2.64. The number of rotatable bonds is 3. The van der Waals surface area contributed by atoms with E-state index in [1.165, 1.54) is 0 Å². The zero-order chi connectivity index (χ0) is 15.5. The van der Waals surface area contributed by atoms with Crippen LogP contribution in [0.2, 0.25) is 0 Å². The Morgan fingerprint density at radius 2 is 2.09 bits per heavy atom. The number of ketones is 1. The molecule has 22 heavy (non-hydrogen) atoms. The molecule has 0 amide bonds. The zero-order valence-electron chi connectivity index (χ0n) is 11.9. The number of fused-ring (bicyclic) bond motifs is 1. The highest BCUT2D eigenvalue weighted by Gasteiger charge is 2.33. The van der Waals surface area contributed by atoms with E-state index in [1.54, 1.807) is 36.4 Å². The SMILES string of the molecule is N#Cc1cccc(CC(O)C2COc3ccccc3C2=O)c1. The maximum absolute atomic E-state index is 12.5. The first-order valence-corrected chi connectivity index (χ1v) is 7.12. The minimum Gasteiger partial charge on any atom is -0.492 e. The van der Waals surface area contributed by atoms with Crippen LogP contribution >= 0.6 is 0 Å². The van der Waals surface area contributed by atoms with Crippen molar-refractivity contribution in [2.45, 2.75) is 12.5 Å². The van der Waals surface area contributed by atoms with E-state index in [-0.39, 0.29) is 12.4 Å². The molecule has 2 atom stereocenters. The molecule has 0 aliphatic carbocycles. The summed E-state index contributed by atoms with van der Waals surface area (Å²) in [6.07, 6.45) is -0.521. The molecule has 3 rings (SSSR count). The topological polar surface area (TPSA) is 70.3 Å². The molecule has 0 spiro atoms. The lowest BCUT2D eigenvalue weighted by molar-refractivity contribution is 0.0486. The molecule has 1 N–H and O–H groups in total. The van der Waals surface area contributed by atoms with Gasteiger partial charge in [0.1, 0.15) is 12.4 Å². The number of carbonyl (C=O) groups is 1. The summed E-state index contributed by atoms with van der Waals surface area (Å²) >= 11 is 0. The summed E-state index contributed by atoms with van der Waals surface area (Å²) < 4.78 is 5.58. The molecule has 0 saturated carbocycles. The Balaban J connectivity index is 1.77. The molecule has 4 heteroatoms. The number of aliphatic hydroxyl groups excluding tert-OH is 1. The average Bonchev–Trinajstić information content (AvgIpc) is 2.55. The lowest BCUT2D eigenvalue weighted by Gasteiger charge is -2.27. The second-order valence-electron chi connectivity index (χ2n) is 5.36. The van der Waals surface area contributed by atoms with E-state index in [9.17, 15) is 9.90 Å². The number of ether oxygens (including phenoxy) is 1. The molecule has 1 aliphatic rings. The first-order valence-electron chi connectivity index (χ1n) is 7.12. The maximum Gasteiger partial charge on any atom is 0.175 e. The molecule has 2 unspecified atom stereocenters. The summed E-state index contributed by atoms with van der Waals surface area (Å²) in [5, 5.41) is 19.3. The summed E-state index contributed by atoms with van der Waals surface area (Å²) in [6, 6.07) is 16.2. The van der Waals surface area contributed by atoms with Gasteiger partial charge in [0.05, 0.1) is 29.2 Å². The van der Waals surface area contributed by atoms with Gasteiger partial charge in [-0.25, -0.2) is 0 Å². The summed E-state index contributed by atoms with van der Waals surface area (Å²) in [5.74, 6) is -0.103. The fourth-order valence-corrected chi connectivity index (χ4v) is 2.69. The normalized spacial score (nSPS) is 18.0. The van der Waals surface area contributed by atoms with Crippen molar-refractivity contribution in [3.8, 4) is 11.8 Å². The summed E-state index contributed by atoms with van der Waals surface area (Å²) in [4.78, 5) is 12.5. The van der Waals surface area contributed by atoms with Crippen molar-refractivity contribution in [3.05, 3.63) is 65.2 Å². The van der Waals surface area contributed by atoms with Gasteiger partial charge in [-0.1, -0.05) is 24.3 Å². The van der Waals surface area contributed by atoms with Gasteiger partial charge in [0, 0.05) is 0 Å². The molecule has 1 aliphatic heterocycles. The lowest BCUT2D eigenvalue weighted by Crippen LogP contribution is -2.38. The van der Waals surface area contributed by atoms with Gasteiger partial charge in [-0.05, 0) is 36.2 Å². The van der Waals surface area contributed by atoms with E-state index in [4.69, 9.17) is 10.00 Å². The van der Waals surface area contributed by atoms with Crippen molar-refractivity contribution in [2.75, 3.05) is 6.61 Å². The Labute approximate surface area is 128 Å². The van der Waals surface area contributed by atoms with E-state index in [2.05, 4.69) is 6.07 Å². The van der Waals surface area contributed by atoms with Crippen molar-refractivity contribution < 1.29 is 14.6 Å². The molecular weight excluding hydrogens is 278 g/mol. The quantitative estimate of drug-likeness (QED) is 0.943. The molecule has 4 nitrogen and oxygen atoms in total. The van der Waals surface area contributed by atoms with E-state index in [1.807, 2.05) is 12.1 Å². The number of hydrogen-bond acceptors (Lipinski definition) is 4. The molecule has 0 aromatic heterocycles. The minimum atomic E-state index is -0.838. The Kier molecular flexibility index (Phi) is 3.90. The van der Waals surface area contributed by atoms with Crippen molar-refractivity contribution in [1.82, 2.24) is 0 Å². The van der Waals surface area contributed by atoms with Crippen molar-refractivity contribution >= 4 is 5.78 Å². The van der Waals surface area contributed by atoms with E-state index in [0.717, 1.165) is 5.56 Å². The summed E-state index contributed by atoms with van der Waals surface area (Å²) in [5.41, 5.74) is 1.89. The molecule has 2 aromatic carbocycles. The molecular formula is C18H15NO3. The van der Waals surface area contributed by atoms with Crippen molar-refractivity contribution in [1.29, 1.82) is 5.26 Å². The second kappa shape index (κ2) is 6.00. The molecule has 0 saturated heterocycles. The van der Waals surface area contributed by atoms with Crippen LogP contribution in [0.25, 0.3) is 0 Å². The van der Waals surface area contributed by atoms with Gasteiger partial charge in [-0.15, -0.1) is 0 Å². The molecule has 0 radical (unpaired) electrons. The van der Waals surface area contributed by atoms with Gasteiger partial charge in [0.25, 0.3) is 0 Å². The highest BCUT2D eigenvalue weighted by atomic mass is 16.5. The largest absolute Gasteiger partial charge is 0.492 e. The van der Waals surface area contributed by atoms with Crippen LogP contribution in [0.5, 0.6) is 5.75 Å². The number of para-hydroxylation sites is 1. The molecule has 0 bridgehead atoms. The molecule has 110 valence electrons. The van der Waals surface area contributed by atoms with Crippen LogP contribution in [0.3, 0.4) is 0 Å². The maximum atomic E-state index is 12.5. The van der Waals surface area contributed by atoms with Crippen LogP contribution < -0.4 is 4.74 Å². The van der Waals surface area contributed by atoms with Crippen LogP contribution in [-0.2, 0) is 6.42 Å². The standard InChI is InChI=1S/C18H15NO3/c19-10-13-5-3-4-12(8-13)9-16(20)15-11-22-17-7-2-1-6-14(17)18(15)21/h1-8,15-16,20H,9,11H2. The number of benzene rings is 2. The zero-order valence-corrected chi connectivity index (χ0v) is 11.9. The molecule has 0 fully saturated rings. The minimum absolute atomic E-state index is 0.0919. The van der Waals surface area contributed by atoms with Gasteiger partial charge in [-0.2, -0.15) is 5.26 Å². The highest BCUT2D eigenvalue weighted by Crippen LogP contribution is 2.29. The number of aliphatic hydroxyl groups is 1. The third kappa shape index (κ3) is 2.72. The number of Topliss-reactive ketones (excluding diaryl/α,β-unsaturated/α-hetero) is 1. The monoisotopic (exact) mass is 293 g/mol. The fourth-order valence-electron chi connectivity index (χ4n) is 2.69. The number of hydrogen-bond donors (Lipinski definition) is 1. The first-order chi connectivity index (χ1) is 10.7. The predicted octanol–water partition coefficient (Wildman–Crippen LogP) is 2.35. The van der Waals surface area contributed by atoms with Crippen LogP contribution in [0.1, 0.15) is 21.5 Å². The third-order valence-corrected chi connectivity index (χ3v) is 3.87. The Morgan fingerprint density at radius 3 is 2.91 bits per heavy atom. The first kappa shape index (κ1) is 14.3. The van der Waals surface area contributed by atoms with E-state index >= 15 is 0 Å². The average molecular weight is 293 g/mol. The van der Waals surface area contributed by atoms with Crippen LogP contribution in [-0.4, -0.2) is 23.6 Å². The Morgan fingerprint density at radius 1 is 1.27 bits per heavy atom. The second-order valence-corrected chi connectivity index (χ2v) is 5.36. The molecule has 1 heterocycles. The van der Waals surface area contributed by atoms with Crippen LogP contribution in [0.15, 0.2) is 48.5 Å². The number of nitriles is 1. The summed E-state index contributed by atoms with van der Waals surface area (Å²) in [7, 11) is 0. The van der Waals surface area contributed by atoms with Gasteiger partial charge in [0.2, 0.25) is 0 Å².